The second-order valence-corrected chi connectivity index (χ2v) is 7.58. The van der Waals surface area contributed by atoms with E-state index in [1.54, 1.807) is 37.3 Å². The van der Waals surface area contributed by atoms with Gasteiger partial charge >= 0.3 is 11.9 Å². The number of oxazole rings is 1. The van der Waals surface area contributed by atoms with Crippen LogP contribution in [-0.2, 0) is 14.3 Å². The minimum absolute atomic E-state index is 0.231. The van der Waals surface area contributed by atoms with E-state index in [0.29, 0.717) is 16.8 Å². The van der Waals surface area contributed by atoms with Crippen molar-refractivity contribution in [2.45, 2.75) is 45.4 Å². The van der Waals surface area contributed by atoms with Crippen molar-refractivity contribution >= 4 is 23.0 Å². The summed E-state index contributed by atoms with van der Waals surface area (Å²) < 4.78 is 16.5. The lowest BCUT2D eigenvalue weighted by atomic mass is 10.1. The molecule has 0 aliphatic heterocycles. The molecule has 1 aromatic heterocycles. The van der Waals surface area contributed by atoms with Gasteiger partial charge in [-0.1, -0.05) is 24.3 Å². The molecule has 8 heteroatoms. The summed E-state index contributed by atoms with van der Waals surface area (Å²) in [4.78, 5) is 28.3. The predicted molar refractivity (Wildman–Crippen MR) is 114 cm³/mol. The largest absolute Gasteiger partial charge is 0.478 e. The van der Waals surface area contributed by atoms with Gasteiger partial charge in [0.2, 0.25) is 5.89 Å². The summed E-state index contributed by atoms with van der Waals surface area (Å²) in [6.45, 7) is 6.83. The third-order valence-electron chi connectivity index (χ3n) is 4.76. The highest BCUT2D eigenvalue weighted by molar-refractivity contribution is 5.79. The number of para-hydroxylation sites is 2. The molecule has 0 bridgehead atoms. The molecule has 0 spiro atoms. The van der Waals surface area contributed by atoms with Gasteiger partial charge in [-0.3, -0.25) is 5.32 Å². The molecular weight excluding hydrogens is 400 g/mol. The van der Waals surface area contributed by atoms with Gasteiger partial charge in [-0.2, -0.15) is 0 Å². The summed E-state index contributed by atoms with van der Waals surface area (Å²) in [5.74, 6) is -0.870. The highest BCUT2D eigenvalue weighted by atomic mass is 16.5. The van der Waals surface area contributed by atoms with E-state index in [0.717, 1.165) is 5.56 Å². The fraction of sp³-hybridized carbons (Fsp3) is 0.348. The lowest BCUT2D eigenvalue weighted by Gasteiger charge is -2.23. The maximum atomic E-state index is 12.6. The Labute approximate surface area is 180 Å². The first-order valence-corrected chi connectivity index (χ1v) is 10.0. The molecule has 0 aliphatic rings. The van der Waals surface area contributed by atoms with Gasteiger partial charge < -0.3 is 19.0 Å². The summed E-state index contributed by atoms with van der Waals surface area (Å²) in [5.41, 5.74) is 0.770. The first kappa shape index (κ1) is 22.3. The zero-order valence-corrected chi connectivity index (χ0v) is 17.9. The second kappa shape index (κ2) is 9.18. The summed E-state index contributed by atoms with van der Waals surface area (Å²) in [6.07, 6.45) is 0. The van der Waals surface area contributed by atoms with Crippen molar-refractivity contribution in [1.82, 2.24) is 10.3 Å². The molecule has 2 unspecified atom stereocenters. The Morgan fingerprint density at radius 1 is 1.16 bits per heavy atom. The van der Waals surface area contributed by atoms with Gasteiger partial charge in [0.15, 0.2) is 17.2 Å². The lowest BCUT2D eigenvalue weighted by molar-refractivity contribution is -0.152. The van der Waals surface area contributed by atoms with Gasteiger partial charge in [0.1, 0.15) is 11.3 Å². The number of esters is 1. The zero-order chi connectivity index (χ0) is 22.6. The number of carbonyl (C=O) groups excluding carboxylic acids is 1. The number of benzene rings is 2. The number of hydrogen-bond donors (Lipinski definition) is 2. The quantitative estimate of drug-likeness (QED) is 0.494. The molecule has 8 nitrogen and oxygen atoms in total. The maximum Gasteiger partial charge on any atom is 0.347 e. The van der Waals surface area contributed by atoms with Crippen molar-refractivity contribution in [3.05, 3.63) is 60.0 Å². The molecule has 2 atom stereocenters. The molecule has 3 aromatic rings. The fourth-order valence-electron chi connectivity index (χ4n) is 2.99. The first-order chi connectivity index (χ1) is 14.7. The fourth-order valence-corrected chi connectivity index (χ4v) is 2.99. The molecule has 0 aliphatic carbocycles. The molecule has 3 rings (SSSR count). The summed E-state index contributed by atoms with van der Waals surface area (Å²) in [7, 11) is 0. The number of aromatic nitrogens is 1. The zero-order valence-electron chi connectivity index (χ0n) is 17.9. The van der Waals surface area contributed by atoms with E-state index in [1.165, 1.54) is 13.8 Å². The minimum Gasteiger partial charge on any atom is -0.478 e. The summed E-state index contributed by atoms with van der Waals surface area (Å²) >= 11 is 0. The van der Waals surface area contributed by atoms with Crippen LogP contribution in [0.5, 0.6) is 5.75 Å². The number of hydrogen-bond acceptors (Lipinski definition) is 7. The highest BCUT2D eigenvalue weighted by Gasteiger charge is 2.30. The monoisotopic (exact) mass is 426 g/mol. The van der Waals surface area contributed by atoms with Crippen LogP contribution in [-0.4, -0.2) is 34.2 Å². The Bertz CT molecular complexity index is 1020. The molecule has 0 amide bonds. The maximum absolute atomic E-state index is 12.6. The predicted octanol–water partition coefficient (Wildman–Crippen LogP) is 4.02. The number of fused-ring (bicyclic) bond motifs is 1. The van der Waals surface area contributed by atoms with Crippen molar-refractivity contribution in [1.29, 1.82) is 0 Å². The number of nitrogens with zero attached hydrogens (tertiary/aromatic N) is 1. The molecule has 2 N–H and O–H groups in total. The average Bonchev–Trinajstić information content (AvgIpc) is 3.16. The first-order valence-electron chi connectivity index (χ1n) is 10.0. The van der Waals surface area contributed by atoms with E-state index >= 15 is 0 Å². The molecule has 0 saturated heterocycles. The van der Waals surface area contributed by atoms with Crippen molar-refractivity contribution in [2.75, 3.05) is 6.61 Å². The Balaban J connectivity index is 1.79. The van der Waals surface area contributed by atoms with Crippen LogP contribution in [0.1, 0.15) is 51.2 Å². The van der Waals surface area contributed by atoms with Crippen LogP contribution in [0.2, 0.25) is 0 Å². The Hall–Kier alpha value is -3.39. The summed E-state index contributed by atoms with van der Waals surface area (Å²) in [6, 6.07) is 13.1. The molecule has 31 heavy (non-hydrogen) atoms. The van der Waals surface area contributed by atoms with Crippen LogP contribution in [0.4, 0.5) is 0 Å². The smallest absolute Gasteiger partial charge is 0.347 e. The van der Waals surface area contributed by atoms with Crippen LogP contribution in [0.25, 0.3) is 11.1 Å². The molecule has 164 valence electrons. The number of carboxylic acid groups (broad SMARTS) is 1. The molecule has 0 radical (unpaired) electrons. The second-order valence-electron chi connectivity index (χ2n) is 7.58. The van der Waals surface area contributed by atoms with Crippen molar-refractivity contribution < 1.29 is 28.6 Å². The molecule has 2 aromatic carbocycles. The lowest BCUT2D eigenvalue weighted by Crippen LogP contribution is -2.37. The van der Waals surface area contributed by atoms with E-state index < -0.39 is 23.6 Å². The number of carboxylic acids is 1. The van der Waals surface area contributed by atoms with Crippen molar-refractivity contribution in [2.24, 2.45) is 0 Å². The number of carbonyl (C=O) groups is 2. The van der Waals surface area contributed by atoms with Gasteiger partial charge in [-0.15, -0.1) is 0 Å². The highest BCUT2D eigenvalue weighted by Crippen LogP contribution is 2.26. The Morgan fingerprint density at radius 3 is 2.45 bits per heavy atom. The standard InChI is InChI=1S/C23H26N2O6/c1-5-29-21(26)19(20-25-17-8-6-7-9-18(17)30-20)24-14(2)15-10-12-16(13-11-15)31-23(3,4)22(27)28/h6-14,19,24H,5H2,1-4H3,(H,27,28). The minimum atomic E-state index is -1.34. The van der Waals surface area contributed by atoms with Crippen LogP contribution in [0, 0.1) is 0 Å². The summed E-state index contributed by atoms with van der Waals surface area (Å²) in [5, 5.41) is 12.4. The SMILES string of the molecule is CCOC(=O)C(NC(C)c1ccc(OC(C)(C)C(=O)O)cc1)c1nc2ccccc2o1. The average molecular weight is 426 g/mol. The van der Waals surface area contributed by atoms with Gasteiger partial charge in [-0.25, -0.2) is 14.6 Å². The molecule has 0 fully saturated rings. The van der Waals surface area contributed by atoms with Crippen molar-refractivity contribution in [3.63, 3.8) is 0 Å². The normalized spacial score (nSPS) is 13.5. The van der Waals surface area contributed by atoms with E-state index in [-0.39, 0.29) is 18.5 Å². The molecule has 1 heterocycles. The van der Waals surface area contributed by atoms with Crippen LogP contribution in [0.15, 0.2) is 52.9 Å². The van der Waals surface area contributed by atoms with Gasteiger partial charge in [0.05, 0.1) is 6.61 Å². The van der Waals surface area contributed by atoms with Gasteiger partial charge in [0.25, 0.3) is 0 Å². The van der Waals surface area contributed by atoms with Gasteiger partial charge in [0, 0.05) is 6.04 Å². The van der Waals surface area contributed by atoms with Gasteiger partial charge in [-0.05, 0) is 57.5 Å². The number of nitrogens with one attached hydrogen (secondary N) is 1. The third-order valence-corrected chi connectivity index (χ3v) is 4.76. The van der Waals surface area contributed by atoms with Crippen LogP contribution in [0.3, 0.4) is 0 Å². The number of ether oxygens (including phenoxy) is 2. The van der Waals surface area contributed by atoms with Crippen LogP contribution >= 0.6 is 0 Å². The van der Waals surface area contributed by atoms with E-state index in [4.69, 9.17) is 13.9 Å². The number of aliphatic carboxylic acids is 1. The number of rotatable bonds is 9. The van der Waals surface area contributed by atoms with E-state index in [2.05, 4.69) is 10.3 Å². The molecular formula is C23H26N2O6. The Kier molecular flexibility index (Phi) is 6.60. The van der Waals surface area contributed by atoms with Crippen LogP contribution < -0.4 is 10.1 Å². The molecule has 0 saturated carbocycles. The van der Waals surface area contributed by atoms with Crippen molar-refractivity contribution in [3.8, 4) is 5.75 Å². The Morgan fingerprint density at radius 2 is 1.84 bits per heavy atom. The van der Waals surface area contributed by atoms with E-state index in [9.17, 15) is 14.7 Å². The third kappa shape index (κ3) is 5.21. The topological polar surface area (TPSA) is 111 Å². The van der Waals surface area contributed by atoms with E-state index in [1.807, 2.05) is 25.1 Å².